The van der Waals surface area contributed by atoms with Crippen LogP contribution < -0.4 is 22.0 Å². The molecular weight excluding hydrogens is 638 g/mol. The second-order valence-electron chi connectivity index (χ2n) is 11.3. The Hall–Kier alpha value is -0.677. The summed E-state index contributed by atoms with van der Waals surface area (Å²) in [6, 6.07) is 13.1. The minimum Gasteiger partial charge on any atom is -1.00 e. The zero-order valence-electron chi connectivity index (χ0n) is 24.7. The molecule has 0 saturated carbocycles. The second kappa shape index (κ2) is 16.1. The van der Waals surface area contributed by atoms with Gasteiger partial charge in [0.2, 0.25) is 0 Å². The summed E-state index contributed by atoms with van der Waals surface area (Å²) in [5.74, 6) is 0.850. The third-order valence-corrected chi connectivity index (χ3v) is 9.56. The van der Waals surface area contributed by atoms with Crippen molar-refractivity contribution in [3.05, 3.63) is 65.2 Å². The van der Waals surface area contributed by atoms with Gasteiger partial charge in [-0.2, -0.15) is 6.42 Å². The van der Waals surface area contributed by atoms with Crippen molar-refractivity contribution in [2.45, 2.75) is 66.5 Å². The monoisotopic (exact) mass is 684 g/mol. The molecule has 0 N–H and O–H groups in total. The minimum atomic E-state index is -1.77. The molecule has 2 heterocycles. The Morgan fingerprint density at radius 2 is 1.72 bits per heavy atom. The molecule has 0 radical (unpaired) electrons. The molecule has 4 nitrogen and oxygen atoms in total. The van der Waals surface area contributed by atoms with E-state index in [4.69, 9.17) is 24.1 Å². The molecule has 0 bridgehead atoms. The van der Waals surface area contributed by atoms with Gasteiger partial charge in [0.05, 0.1) is 26.7 Å². The number of ether oxygens (including phenoxy) is 1. The molecule has 0 spiro atoms. The fourth-order valence-corrected chi connectivity index (χ4v) is 7.33. The Labute approximate surface area is 257 Å². The van der Waals surface area contributed by atoms with Gasteiger partial charge in [-0.05, 0) is 38.8 Å². The van der Waals surface area contributed by atoms with E-state index in [2.05, 4.69) is 63.2 Å². The number of halogens is 3. The number of likely N-dealkylation sites (N-methyl/N-ethyl adjacent to an activating group) is 1. The van der Waals surface area contributed by atoms with Crippen molar-refractivity contribution in [2.75, 3.05) is 51.2 Å². The van der Waals surface area contributed by atoms with E-state index in [0.717, 1.165) is 11.3 Å². The maximum atomic E-state index is 5.82. The standard InChI is InChI=1S/C21H35N3.C10H12O.3ClH.Ru/c1-6-24(5)12-10-22(11-13-24)16-20-8-7-9-23(20)21-18(3)14-17(2)15-19(21)4;1-8(2)11-10-7-5-4-6-9(10)3;;;;/h9,14-15,20H,6-8,10-13,16H2,1-5H3;3-8H,1-2H3;3*1H;/q;;;;;+2/p-3. The minimum absolute atomic E-state index is 0. The van der Waals surface area contributed by atoms with Crippen LogP contribution in [0.3, 0.4) is 0 Å². The summed E-state index contributed by atoms with van der Waals surface area (Å²) in [4.78, 5) is 5.29. The van der Waals surface area contributed by atoms with Crippen LogP contribution in [-0.2, 0) is 13.5 Å². The van der Waals surface area contributed by atoms with Crippen molar-refractivity contribution < 1.29 is 35.1 Å². The van der Waals surface area contributed by atoms with Crippen LogP contribution in [0.4, 0.5) is 5.69 Å². The summed E-state index contributed by atoms with van der Waals surface area (Å²) in [5.41, 5.74) is 6.66. The van der Waals surface area contributed by atoms with E-state index >= 15 is 0 Å². The van der Waals surface area contributed by atoms with Crippen LogP contribution in [0.2, 0.25) is 0 Å². The maximum Gasteiger partial charge on any atom is 0.0914 e. The third kappa shape index (κ3) is 10.3. The van der Waals surface area contributed by atoms with Gasteiger partial charge in [0.1, 0.15) is 0 Å². The SMILES string of the molecule is CC(C)Oc1ccccc1[CH]=[Ru]([Cl])[Cl].CC[N+]1(C)CCN(CC2CC[CH-]N2c2c(C)cc(C)cc2C)CC1.[Cl-]. The fraction of sp³-hybridized carbons (Fsp3) is 0.548. The van der Waals surface area contributed by atoms with Crippen LogP contribution in [-0.4, -0.2) is 72.5 Å². The summed E-state index contributed by atoms with van der Waals surface area (Å²) < 4.78 is 8.76. The number of para-hydroxylation sites is 1. The Kier molecular flexibility index (Phi) is 14.2. The molecule has 4 rings (SSSR count). The van der Waals surface area contributed by atoms with Crippen molar-refractivity contribution in [1.82, 2.24) is 4.90 Å². The molecule has 2 aliphatic heterocycles. The number of hydrogen-bond acceptors (Lipinski definition) is 3. The van der Waals surface area contributed by atoms with Crippen LogP contribution in [0.1, 0.15) is 55.9 Å². The van der Waals surface area contributed by atoms with Gasteiger partial charge in [-0.3, -0.25) is 4.90 Å². The van der Waals surface area contributed by atoms with Crippen molar-refractivity contribution >= 4 is 29.7 Å². The number of anilines is 1. The fourth-order valence-electron chi connectivity index (χ4n) is 5.52. The Morgan fingerprint density at radius 1 is 1.10 bits per heavy atom. The molecule has 0 amide bonds. The van der Waals surface area contributed by atoms with Crippen molar-refractivity contribution in [3.8, 4) is 5.75 Å². The van der Waals surface area contributed by atoms with Gasteiger partial charge in [0.25, 0.3) is 0 Å². The number of quaternary nitrogens is 1. The molecule has 2 aromatic carbocycles. The molecule has 39 heavy (non-hydrogen) atoms. The predicted molar refractivity (Wildman–Crippen MR) is 162 cm³/mol. The Bertz CT molecular complexity index is 1060. The van der Waals surface area contributed by atoms with Gasteiger partial charge in [-0.15, -0.1) is 0 Å². The smallest absolute Gasteiger partial charge is 0.0914 e. The zero-order chi connectivity index (χ0) is 27.9. The summed E-state index contributed by atoms with van der Waals surface area (Å²) in [6.07, 6.45) is 2.67. The first-order valence-corrected chi connectivity index (χ1v) is 19.3. The molecule has 2 fully saturated rings. The first-order valence-electron chi connectivity index (χ1n) is 13.9. The number of nitrogens with zero attached hydrogens (tertiary/aromatic N) is 3. The second-order valence-corrected chi connectivity index (χ2v) is 17.0. The van der Waals surface area contributed by atoms with Crippen LogP contribution in [0.5, 0.6) is 5.75 Å². The third-order valence-electron chi connectivity index (χ3n) is 7.73. The average Bonchev–Trinajstić information content (AvgIpc) is 3.28. The summed E-state index contributed by atoms with van der Waals surface area (Å²) >= 11 is -1.77. The molecule has 2 saturated heterocycles. The molecule has 2 aromatic rings. The van der Waals surface area contributed by atoms with Gasteiger partial charge in [0.15, 0.2) is 0 Å². The number of piperazine rings is 1. The van der Waals surface area contributed by atoms with Gasteiger partial charge in [-0.1, -0.05) is 24.1 Å². The molecule has 222 valence electrons. The van der Waals surface area contributed by atoms with Gasteiger partial charge in [-0.25, -0.2) is 6.54 Å². The van der Waals surface area contributed by atoms with Crippen molar-refractivity contribution in [1.29, 1.82) is 0 Å². The van der Waals surface area contributed by atoms with Crippen LogP contribution in [0.25, 0.3) is 0 Å². The van der Waals surface area contributed by atoms with Crippen LogP contribution >= 0.6 is 19.4 Å². The van der Waals surface area contributed by atoms with Crippen molar-refractivity contribution in [2.24, 2.45) is 0 Å². The molecule has 2 aliphatic rings. The first-order chi connectivity index (χ1) is 18.0. The molecule has 8 heteroatoms. The summed E-state index contributed by atoms with van der Waals surface area (Å²) in [7, 11) is 14.0. The average molecular weight is 685 g/mol. The van der Waals surface area contributed by atoms with E-state index in [1.165, 1.54) is 79.0 Å². The largest absolute Gasteiger partial charge is 1.00 e. The van der Waals surface area contributed by atoms with E-state index in [1.807, 2.05) is 42.7 Å². The Balaban J connectivity index is 0.000000306. The predicted octanol–water partition coefficient (Wildman–Crippen LogP) is 4.08. The van der Waals surface area contributed by atoms with Crippen LogP contribution in [0.15, 0.2) is 36.4 Å². The van der Waals surface area contributed by atoms with Crippen LogP contribution in [0, 0.1) is 27.3 Å². The van der Waals surface area contributed by atoms with E-state index < -0.39 is 13.5 Å². The van der Waals surface area contributed by atoms with Crippen molar-refractivity contribution in [3.63, 3.8) is 0 Å². The van der Waals surface area contributed by atoms with Gasteiger partial charge < -0.3 is 21.8 Å². The molecule has 1 unspecified atom stereocenters. The molecule has 0 aliphatic carbocycles. The van der Waals surface area contributed by atoms with E-state index in [9.17, 15) is 0 Å². The zero-order valence-corrected chi connectivity index (χ0v) is 28.7. The number of hydrogen-bond donors (Lipinski definition) is 0. The number of aryl methyl sites for hydroxylation is 3. The van der Waals surface area contributed by atoms with E-state index in [1.54, 1.807) is 0 Å². The molecule has 1 atom stereocenters. The summed E-state index contributed by atoms with van der Waals surface area (Å²) in [5, 5.41) is 0. The van der Waals surface area contributed by atoms with Gasteiger partial charge in [0, 0.05) is 31.4 Å². The maximum absolute atomic E-state index is 5.82. The molecular formula is C31H47Cl3N3ORu-. The van der Waals surface area contributed by atoms with E-state index in [-0.39, 0.29) is 18.5 Å². The summed E-state index contributed by atoms with van der Waals surface area (Å²) in [6.45, 7) is 23.1. The van der Waals surface area contributed by atoms with E-state index in [0.29, 0.717) is 6.04 Å². The first kappa shape index (κ1) is 34.5. The quantitative estimate of drug-likeness (QED) is 0.249. The number of benzene rings is 2. The normalized spacial score (nSPS) is 19.2. The number of rotatable bonds is 7. The molecule has 0 aromatic heterocycles. The topological polar surface area (TPSA) is 15.7 Å². The Morgan fingerprint density at radius 3 is 2.28 bits per heavy atom. The van der Waals surface area contributed by atoms with Gasteiger partial charge >= 0.3 is 97.8 Å².